The number of carbonyl (C=O) groups is 2. The third-order valence-corrected chi connectivity index (χ3v) is 6.46. The summed E-state index contributed by atoms with van der Waals surface area (Å²) in [7, 11) is 0. The fourth-order valence-electron chi connectivity index (χ4n) is 4.49. The molecule has 2 amide bonds. The van der Waals surface area contributed by atoms with Crippen molar-refractivity contribution in [3.05, 3.63) is 27.7 Å². The van der Waals surface area contributed by atoms with Crippen LogP contribution >= 0.6 is 0 Å². The second-order valence-corrected chi connectivity index (χ2v) is 9.33. The Morgan fingerprint density at radius 3 is 2.69 bits per heavy atom. The normalized spacial score (nSPS) is 22.6. The molecule has 0 bridgehead atoms. The van der Waals surface area contributed by atoms with Crippen LogP contribution in [-0.2, 0) is 16.1 Å². The zero-order valence-electron chi connectivity index (χ0n) is 18.2. The molecule has 7 heteroatoms. The molecule has 0 aromatic carbocycles. The van der Waals surface area contributed by atoms with Crippen molar-refractivity contribution in [3.63, 3.8) is 0 Å². The minimum absolute atomic E-state index is 0.0135. The molecule has 1 aromatic rings. The Balaban J connectivity index is 1.68. The Morgan fingerprint density at radius 2 is 1.97 bits per heavy atom. The SMILES string of the molecule is Cc1cc(=O)n(CC(=O)N2CCC[C@]3(CCC(=O)N(CCC(C)C)C3)C2)nc1C. The fraction of sp³-hybridized carbons (Fsp3) is 0.727. The summed E-state index contributed by atoms with van der Waals surface area (Å²) >= 11 is 0. The first-order valence-corrected chi connectivity index (χ1v) is 10.8. The number of piperidine rings is 2. The summed E-state index contributed by atoms with van der Waals surface area (Å²) in [6.45, 7) is 10.9. The number of aromatic nitrogens is 2. The maximum Gasteiger partial charge on any atom is 0.267 e. The van der Waals surface area contributed by atoms with Gasteiger partial charge in [-0.3, -0.25) is 14.4 Å². The number of hydrogen-bond donors (Lipinski definition) is 0. The highest BCUT2D eigenvalue weighted by atomic mass is 16.2. The third-order valence-electron chi connectivity index (χ3n) is 6.46. The number of rotatable bonds is 5. The number of aryl methyl sites for hydroxylation is 2. The van der Waals surface area contributed by atoms with Crippen LogP contribution in [-0.4, -0.2) is 57.6 Å². The second kappa shape index (κ2) is 8.67. The van der Waals surface area contributed by atoms with Crippen LogP contribution in [0.4, 0.5) is 0 Å². The van der Waals surface area contributed by atoms with E-state index < -0.39 is 0 Å². The summed E-state index contributed by atoms with van der Waals surface area (Å²) in [5.41, 5.74) is 1.35. The Bertz CT molecular complexity index is 832. The van der Waals surface area contributed by atoms with Crippen molar-refractivity contribution < 1.29 is 9.59 Å². The van der Waals surface area contributed by atoms with Gasteiger partial charge in [-0.25, -0.2) is 4.68 Å². The van der Waals surface area contributed by atoms with E-state index in [1.807, 2.05) is 23.6 Å². The number of nitrogens with zero attached hydrogens (tertiary/aromatic N) is 4. The highest BCUT2D eigenvalue weighted by molar-refractivity contribution is 5.78. The smallest absolute Gasteiger partial charge is 0.267 e. The van der Waals surface area contributed by atoms with Crippen LogP contribution < -0.4 is 5.56 Å². The number of carbonyl (C=O) groups excluding carboxylic acids is 2. The lowest BCUT2D eigenvalue weighted by molar-refractivity contribution is -0.143. The predicted molar refractivity (Wildman–Crippen MR) is 111 cm³/mol. The van der Waals surface area contributed by atoms with Crippen molar-refractivity contribution in [1.29, 1.82) is 0 Å². The molecule has 2 aliphatic rings. The van der Waals surface area contributed by atoms with Gasteiger partial charge in [-0.15, -0.1) is 0 Å². The van der Waals surface area contributed by atoms with Gasteiger partial charge < -0.3 is 9.80 Å². The molecule has 2 aliphatic heterocycles. The molecule has 1 aromatic heterocycles. The monoisotopic (exact) mass is 402 g/mol. The molecule has 1 spiro atoms. The van der Waals surface area contributed by atoms with E-state index in [4.69, 9.17) is 0 Å². The van der Waals surface area contributed by atoms with Gasteiger partial charge in [-0.2, -0.15) is 5.10 Å². The molecular weight excluding hydrogens is 368 g/mol. The van der Waals surface area contributed by atoms with Crippen molar-refractivity contribution in [3.8, 4) is 0 Å². The highest BCUT2D eigenvalue weighted by Gasteiger charge is 2.42. The standard InChI is InChI=1S/C22H34N4O3/c1-16(2)7-11-25-15-22(9-6-19(25)27)8-5-10-24(14-22)21(29)13-26-20(28)12-17(3)18(4)23-26/h12,16H,5-11,13-15H2,1-4H3/t22-/m0/s1. The Kier molecular flexibility index (Phi) is 6.44. The second-order valence-electron chi connectivity index (χ2n) is 9.33. The van der Waals surface area contributed by atoms with Gasteiger partial charge in [0.2, 0.25) is 11.8 Å². The van der Waals surface area contributed by atoms with Gasteiger partial charge in [0.05, 0.1) is 5.69 Å². The number of likely N-dealkylation sites (tertiary alicyclic amines) is 2. The van der Waals surface area contributed by atoms with Crippen molar-refractivity contribution in [1.82, 2.24) is 19.6 Å². The highest BCUT2D eigenvalue weighted by Crippen LogP contribution is 2.39. The number of amides is 2. The van der Waals surface area contributed by atoms with Crippen molar-refractivity contribution in [2.45, 2.75) is 66.3 Å². The van der Waals surface area contributed by atoms with E-state index in [0.717, 1.165) is 50.0 Å². The van der Waals surface area contributed by atoms with Crippen molar-refractivity contribution in [2.24, 2.45) is 11.3 Å². The van der Waals surface area contributed by atoms with Crippen LogP contribution in [0.25, 0.3) is 0 Å². The Labute approximate surface area is 173 Å². The van der Waals surface area contributed by atoms with Crippen molar-refractivity contribution >= 4 is 11.8 Å². The van der Waals surface area contributed by atoms with Crippen LogP contribution in [0.1, 0.15) is 57.2 Å². The summed E-state index contributed by atoms with van der Waals surface area (Å²) in [6, 6.07) is 1.53. The summed E-state index contributed by atoms with van der Waals surface area (Å²) in [5.74, 6) is 0.743. The van der Waals surface area contributed by atoms with Crippen LogP contribution in [0, 0.1) is 25.2 Å². The lowest BCUT2D eigenvalue weighted by atomic mass is 9.73. The molecule has 1 atom stereocenters. The van der Waals surface area contributed by atoms with E-state index in [9.17, 15) is 14.4 Å². The van der Waals surface area contributed by atoms with Crippen LogP contribution in [0.3, 0.4) is 0 Å². The van der Waals surface area contributed by atoms with Gasteiger partial charge in [0, 0.05) is 44.1 Å². The molecule has 160 valence electrons. The quantitative estimate of drug-likeness (QED) is 0.756. The third kappa shape index (κ3) is 5.06. The average Bonchev–Trinajstić information content (AvgIpc) is 2.67. The molecule has 2 saturated heterocycles. The minimum atomic E-state index is -0.240. The molecule has 7 nitrogen and oxygen atoms in total. The van der Waals surface area contributed by atoms with E-state index in [0.29, 0.717) is 25.4 Å². The maximum atomic E-state index is 12.9. The van der Waals surface area contributed by atoms with Crippen molar-refractivity contribution in [2.75, 3.05) is 26.2 Å². The fourth-order valence-corrected chi connectivity index (χ4v) is 4.49. The van der Waals surface area contributed by atoms with E-state index >= 15 is 0 Å². The van der Waals surface area contributed by atoms with Crippen LogP contribution in [0.2, 0.25) is 0 Å². The van der Waals surface area contributed by atoms with Gasteiger partial charge in [0.25, 0.3) is 5.56 Å². The molecule has 29 heavy (non-hydrogen) atoms. The molecule has 0 N–H and O–H groups in total. The largest absolute Gasteiger partial charge is 0.342 e. The summed E-state index contributed by atoms with van der Waals surface area (Å²) < 4.78 is 1.27. The van der Waals surface area contributed by atoms with Gasteiger partial charge in [-0.05, 0) is 51.0 Å². The molecule has 3 heterocycles. The number of hydrogen-bond acceptors (Lipinski definition) is 4. The van der Waals surface area contributed by atoms with Gasteiger partial charge >= 0.3 is 0 Å². The minimum Gasteiger partial charge on any atom is -0.342 e. The Morgan fingerprint density at radius 1 is 1.21 bits per heavy atom. The molecular formula is C22H34N4O3. The summed E-state index contributed by atoms with van der Waals surface area (Å²) in [6.07, 6.45) is 4.40. The van der Waals surface area contributed by atoms with Crippen LogP contribution in [0.15, 0.2) is 10.9 Å². The molecule has 0 saturated carbocycles. The van der Waals surface area contributed by atoms with Gasteiger partial charge in [0.15, 0.2) is 0 Å². The van der Waals surface area contributed by atoms with E-state index in [1.54, 1.807) is 0 Å². The lowest BCUT2D eigenvalue weighted by Gasteiger charge is -2.48. The first-order chi connectivity index (χ1) is 13.7. The zero-order chi connectivity index (χ0) is 21.2. The topological polar surface area (TPSA) is 75.5 Å². The first-order valence-electron chi connectivity index (χ1n) is 10.8. The van der Waals surface area contributed by atoms with Crippen LogP contribution in [0.5, 0.6) is 0 Å². The average molecular weight is 403 g/mol. The molecule has 2 fully saturated rings. The predicted octanol–water partition coefficient (Wildman–Crippen LogP) is 2.14. The van der Waals surface area contributed by atoms with E-state index in [2.05, 4.69) is 18.9 Å². The van der Waals surface area contributed by atoms with Gasteiger partial charge in [0.1, 0.15) is 6.54 Å². The van der Waals surface area contributed by atoms with Gasteiger partial charge in [-0.1, -0.05) is 13.8 Å². The molecule has 0 radical (unpaired) electrons. The maximum absolute atomic E-state index is 12.9. The van der Waals surface area contributed by atoms with E-state index in [1.165, 1.54) is 10.7 Å². The Hall–Kier alpha value is -2.18. The van der Waals surface area contributed by atoms with E-state index in [-0.39, 0.29) is 29.3 Å². The molecule has 0 aliphatic carbocycles. The lowest BCUT2D eigenvalue weighted by Crippen LogP contribution is -2.55. The zero-order valence-corrected chi connectivity index (χ0v) is 18.2. The first kappa shape index (κ1) is 21.5. The molecule has 3 rings (SSSR count). The summed E-state index contributed by atoms with van der Waals surface area (Å²) in [5, 5.41) is 4.28. The molecule has 0 unspecified atom stereocenters. The summed E-state index contributed by atoms with van der Waals surface area (Å²) in [4.78, 5) is 41.4.